The number of carboxylic acids is 1. The average Bonchev–Trinajstić information content (AvgIpc) is 2.22. The molecule has 82 valence electrons. The van der Waals surface area contributed by atoms with Crippen LogP contribution in [-0.2, 0) is 7.05 Å². The van der Waals surface area contributed by atoms with Crippen molar-refractivity contribution in [3.8, 4) is 0 Å². The molecule has 0 saturated heterocycles. The molecule has 1 aromatic carbocycles. The smallest absolute Gasteiger partial charge is 0.336 e. The van der Waals surface area contributed by atoms with E-state index in [0.717, 1.165) is 11.6 Å². The molecule has 0 aliphatic carbocycles. The summed E-state index contributed by atoms with van der Waals surface area (Å²) in [6, 6.07) is 6.55. The highest BCUT2D eigenvalue weighted by molar-refractivity contribution is 6.02. The van der Waals surface area contributed by atoms with Gasteiger partial charge in [0.25, 0.3) is 5.56 Å². The van der Waals surface area contributed by atoms with E-state index in [-0.39, 0.29) is 11.1 Å². The number of fused-ring (bicyclic) bond motifs is 1. The number of hydrogen-bond acceptors (Lipinski definition) is 2. The SMILES string of the molecule is Cc1ccc2c(c1)c(C(=O)O)cc(=O)n2C. The predicted octanol–water partition coefficient (Wildman–Crippen LogP) is 1.55. The summed E-state index contributed by atoms with van der Waals surface area (Å²) < 4.78 is 1.45. The number of nitrogens with zero attached hydrogens (tertiary/aromatic N) is 1. The van der Waals surface area contributed by atoms with Gasteiger partial charge in [0.05, 0.1) is 11.1 Å². The first kappa shape index (κ1) is 10.4. The summed E-state index contributed by atoms with van der Waals surface area (Å²) in [6.45, 7) is 1.89. The molecule has 0 radical (unpaired) electrons. The Morgan fingerprint density at radius 1 is 1.31 bits per heavy atom. The van der Waals surface area contributed by atoms with E-state index in [1.165, 1.54) is 4.57 Å². The Hall–Kier alpha value is -2.10. The van der Waals surface area contributed by atoms with E-state index < -0.39 is 5.97 Å². The molecular weight excluding hydrogens is 206 g/mol. The van der Waals surface area contributed by atoms with E-state index >= 15 is 0 Å². The average molecular weight is 217 g/mol. The molecule has 1 aromatic heterocycles. The normalized spacial score (nSPS) is 10.6. The monoisotopic (exact) mass is 217 g/mol. The molecule has 2 rings (SSSR count). The molecule has 0 atom stereocenters. The fraction of sp³-hybridized carbons (Fsp3) is 0.167. The van der Waals surface area contributed by atoms with Crippen LogP contribution in [0.3, 0.4) is 0 Å². The van der Waals surface area contributed by atoms with Crippen molar-refractivity contribution in [2.24, 2.45) is 7.05 Å². The van der Waals surface area contributed by atoms with Crippen molar-refractivity contribution in [2.45, 2.75) is 6.92 Å². The van der Waals surface area contributed by atoms with Crippen LogP contribution in [0, 0.1) is 6.92 Å². The van der Waals surface area contributed by atoms with Crippen molar-refractivity contribution < 1.29 is 9.90 Å². The molecule has 0 bridgehead atoms. The van der Waals surface area contributed by atoms with Crippen molar-refractivity contribution in [3.63, 3.8) is 0 Å². The first-order valence-corrected chi connectivity index (χ1v) is 4.84. The summed E-state index contributed by atoms with van der Waals surface area (Å²) in [4.78, 5) is 22.6. The van der Waals surface area contributed by atoms with Gasteiger partial charge in [-0.25, -0.2) is 4.79 Å². The molecule has 1 N–H and O–H groups in total. The molecule has 0 amide bonds. The first-order chi connectivity index (χ1) is 7.50. The summed E-state index contributed by atoms with van der Waals surface area (Å²) in [5, 5.41) is 9.63. The van der Waals surface area contributed by atoms with Gasteiger partial charge < -0.3 is 9.67 Å². The third-order valence-electron chi connectivity index (χ3n) is 2.63. The highest BCUT2D eigenvalue weighted by atomic mass is 16.4. The maximum atomic E-state index is 11.5. The quantitative estimate of drug-likeness (QED) is 0.788. The van der Waals surface area contributed by atoms with Gasteiger partial charge in [-0.3, -0.25) is 4.79 Å². The highest BCUT2D eigenvalue weighted by Crippen LogP contribution is 2.18. The van der Waals surface area contributed by atoms with Crippen molar-refractivity contribution in [1.29, 1.82) is 0 Å². The zero-order valence-electron chi connectivity index (χ0n) is 9.02. The van der Waals surface area contributed by atoms with E-state index in [1.54, 1.807) is 19.2 Å². The number of carboxylic acid groups (broad SMARTS) is 1. The third kappa shape index (κ3) is 1.48. The van der Waals surface area contributed by atoms with Gasteiger partial charge in [-0.1, -0.05) is 11.6 Å². The van der Waals surface area contributed by atoms with Gasteiger partial charge in [0.2, 0.25) is 0 Å². The van der Waals surface area contributed by atoms with Gasteiger partial charge in [-0.2, -0.15) is 0 Å². The van der Waals surface area contributed by atoms with Crippen molar-refractivity contribution >= 4 is 16.9 Å². The minimum Gasteiger partial charge on any atom is -0.478 e. The largest absolute Gasteiger partial charge is 0.478 e. The lowest BCUT2D eigenvalue weighted by Gasteiger charge is -2.07. The molecule has 4 nitrogen and oxygen atoms in total. The molecule has 0 aliphatic heterocycles. The molecular formula is C12H11NO3. The number of benzene rings is 1. The second-order valence-electron chi connectivity index (χ2n) is 3.78. The molecule has 0 aliphatic rings. The number of aryl methyl sites for hydroxylation is 2. The summed E-state index contributed by atoms with van der Waals surface area (Å²) in [5.74, 6) is -1.08. The molecule has 2 aromatic rings. The van der Waals surface area contributed by atoms with Gasteiger partial charge in [-0.15, -0.1) is 0 Å². The van der Waals surface area contributed by atoms with Crippen LogP contribution in [0.4, 0.5) is 0 Å². The number of aromatic nitrogens is 1. The summed E-state index contributed by atoms with van der Waals surface area (Å²) in [6.07, 6.45) is 0. The van der Waals surface area contributed by atoms with Gasteiger partial charge in [0, 0.05) is 18.5 Å². The minimum absolute atomic E-state index is 0.0572. The van der Waals surface area contributed by atoms with Crippen LogP contribution >= 0.6 is 0 Å². The maximum Gasteiger partial charge on any atom is 0.336 e. The van der Waals surface area contributed by atoms with Crippen molar-refractivity contribution in [3.05, 3.63) is 45.7 Å². The fourth-order valence-electron chi connectivity index (χ4n) is 1.75. The lowest BCUT2D eigenvalue weighted by molar-refractivity contribution is 0.0699. The van der Waals surface area contributed by atoms with Crippen LogP contribution in [-0.4, -0.2) is 15.6 Å². The molecule has 16 heavy (non-hydrogen) atoms. The topological polar surface area (TPSA) is 59.3 Å². The second kappa shape index (κ2) is 3.48. The molecule has 0 fully saturated rings. The Morgan fingerprint density at radius 3 is 2.62 bits per heavy atom. The van der Waals surface area contributed by atoms with E-state index in [1.807, 2.05) is 13.0 Å². The Kier molecular flexibility index (Phi) is 2.27. The van der Waals surface area contributed by atoms with Gasteiger partial charge in [0.1, 0.15) is 0 Å². The van der Waals surface area contributed by atoms with Gasteiger partial charge in [0.15, 0.2) is 0 Å². The Bertz CT molecular complexity index is 640. The highest BCUT2D eigenvalue weighted by Gasteiger charge is 2.12. The molecule has 4 heteroatoms. The number of hydrogen-bond donors (Lipinski definition) is 1. The second-order valence-corrected chi connectivity index (χ2v) is 3.78. The zero-order chi connectivity index (χ0) is 11.9. The maximum absolute atomic E-state index is 11.5. The van der Waals surface area contributed by atoms with Crippen LogP contribution < -0.4 is 5.56 Å². The predicted molar refractivity (Wildman–Crippen MR) is 60.9 cm³/mol. The van der Waals surface area contributed by atoms with Crippen LogP contribution in [0.5, 0.6) is 0 Å². The van der Waals surface area contributed by atoms with Crippen LogP contribution in [0.25, 0.3) is 10.9 Å². The number of pyridine rings is 1. The zero-order valence-corrected chi connectivity index (χ0v) is 9.02. The van der Waals surface area contributed by atoms with Crippen LogP contribution in [0.15, 0.2) is 29.1 Å². The number of carbonyl (C=O) groups is 1. The van der Waals surface area contributed by atoms with E-state index in [4.69, 9.17) is 5.11 Å². The molecule has 0 saturated carbocycles. The van der Waals surface area contributed by atoms with Crippen molar-refractivity contribution in [2.75, 3.05) is 0 Å². The molecule has 1 heterocycles. The fourth-order valence-corrected chi connectivity index (χ4v) is 1.75. The Labute approximate surface area is 91.8 Å². The minimum atomic E-state index is -1.08. The van der Waals surface area contributed by atoms with Gasteiger partial charge in [-0.05, 0) is 19.1 Å². The Balaban J connectivity index is 3.01. The van der Waals surface area contributed by atoms with E-state index in [0.29, 0.717) is 10.9 Å². The molecule has 0 unspecified atom stereocenters. The number of rotatable bonds is 1. The lowest BCUT2D eigenvalue weighted by atomic mass is 10.1. The van der Waals surface area contributed by atoms with Crippen LogP contribution in [0.1, 0.15) is 15.9 Å². The first-order valence-electron chi connectivity index (χ1n) is 4.84. The standard InChI is InChI=1S/C12H11NO3/c1-7-3-4-10-8(5-7)9(12(15)16)6-11(14)13(10)2/h3-6H,1-2H3,(H,15,16). The van der Waals surface area contributed by atoms with Gasteiger partial charge >= 0.3 is 5.97 Å². The van der Waals surface area contributed by atoms with E-state index in [9.17, 15) is 9.59 Å². The van der Waals surface area contributed by atoms with Crippen LogP contribution in [0.2, 0.25) is 0 Å². The summed E-state index contributed by atoms with van der Waals surface area (Å²) in [7, 11) is 1.63. The Morgan fingerprint density at radius 2 is 2.00 bits per heavy atom. The van der Waals surface area contributed by atoms with E-state index in [2.05, 4.69) is 0 Å². The number of aromatic carboxylic acids is 1. The summed E-state index contributed by atoms with van der Waals surface area (Å²) >= 11 is 0. The van der Waals surface area contributed by atoms with Crippen molar-refractivity contribution in [1.82, 2.24) is 4.57 Å². The lowest BCUT2D eigenvalue weighted by Crippen LogP contribution is -2.18. The third-order valence-corrected chi connectivity index (χ3v) is 2.63. The molecule has 0 spiro atoms. The summed E-state index contributed by atoms with van der Waals surface area (Å²) in [5.41, 5.74) is 1.35.